The minimum atomic E-state index is -1.34. The normalized spacial score (nSPS) is 20.3. The summed E-state index contributed by atoms with van der Waals surface area (Å²) in [6.45, 7) is 0. The molecule has 2 heteroatoms. The first kappa shape index (κ1) is 12.6. The van der Waals surface area contributed by atoms with Crippen LogP contribution in [0.4, 0.5) is 17.1 Å². The van der Waals surface area contributed by atoms with Crippen LogP contribution in [0.1, 0.15) is 48.0 Å². The third-order valence-corrected chi connectivity index (χ3v) is 8.63. The van der Waals surface area contributed by atoms with Gasteiger partial charge in [-0.3, -0.25) is 0 Å². The Bertz CT molecular complexity index is 5190. The Morgan fingerprint density at radius 1 is 0.321 bits per heavy atom. The number of nitrogens with zero attached hydrogens (tertiary/aromatic N) is 1. The summed E-state index contributed by atoms with van der Waals surface area (Å²) in [5, 5.41) is -5.08. The molecule has 0 N–H and O–H groups in total. The van der Waals surface area contributed by atoms with E-state index in [1.165, 1.54) is 0 Å². The van der Waals surface area contributed by atoms with E-state index in [9.17, 15) is 17.8 Å². The SMILES string of the molecule is [2H]c1c([2H])c([2H])c(-c2c([2H])c3c(oc4c([2H])c([2H])c(-c5c([2H])c([2H])c(N(c6c([2H])c([2H])c([2H])c([2H])c6[2H])c6c([2H])c([2H])c(-c7c([2H])c8c([2H])c([2H])c([2H])c([2H])c8c8c([2H])c([2H])c([2H])c([2H])c78)c([2H])c6[2H])c([2H])c5[2H])c([2H])c43)c3c([2H])c([2H])c([2H])c([2H])c23)c([2H])c1[2H]. The van der Waals surface area contributed by atoms with Crippen LogP contribution >= 0.6 is 0 Å². The van der Waals surface area contributed by atoms with Gasteiger partial charge in [-0.25, -0.2) is 0 Å². The van der Waals surface area contributed by atoms with Gasteiger partial charge in [-0.2, -0.15) is 0 Å². The highest BCUT2D eigenvalue weighted by Gasteiger charge is 2.17. The fourth-order valence-corrected chi connectivity index (χ4v) is 6.19. The van der Waals surface area contributed by atoms with E-state index < -0.39 is 316 Å². The maximum atomic E-state index is 9.76. The molecule has 0 aliphatic rings. The quantitative estimate of drug-likeness (QED) is 0.157. The van der Waals surface area contributed by atoms with Crippen molar-refractivity contribution < 1.29 is 52.4 Å². The van der Waals surface area contributed by atoms with Gasteiger partial charge in [0.15, 0.2) is 0 Å². The molecule has 0 amide bonds. The van der Waals surface area contributed by atoms with Gasteiger partial charge in [0, 0.05) is 33.2 Å². The first-order chi connectivity index (χ1) is 42.4. The van der Waals surface area contributed by atoms with Crippen molar-refractivity contribution >= 4 is 71.3 Å². The molecule has 262 valence electrons. The maximum absolute atomic E-state index is 9.76. The molecule has 0 spiro atoms. The predicted octanol–water partition coefficient (Wildman–Crippen LogP) is 15.5. The summed E-state index contributed by atoms with van der Waals surface area (Å²) in [5.41, 5.74) is -10.1. The summed E-state index contributed by atoms with van der Waals surface area (Å²) in [7, 11) is 0. The average molecular weight is 749 g/mol. The highest BCUT2D eigenvalue weighted by atomic mass is 16.3. The van der Waals surface area contributed by atoms with Crippen LogP contribution < -0.4 is 4.90 Å². The van der Waals surface area contributed by atoms with Crippen LogP contribution in [0, 0.1) is 0 Å². The van der Waals surface area contributed by atoms with Crippen LogP contribution in [0.5, 0.6) is 0 Å². The molecule has 1 heterocycles. The van der Waals surface area contributed by atoms with Gasteiger partial charge >= 0.3 is 0 Å². The van der Waals surface area contributed by atoms with Crippen LogP contribution in [0.3, 0.4) is 0 Å². The number of furan rings is 1. The zero-order valence-corrected chi connectivity index (χ0v) is 27.9. The minimum absolute atomic E-state index is 0.281. The topological polar surface area (TPSA) is 16.4 Å². The number of anilines is 3. The van der Waals surface area contributed by atoms with Crippen molar-refractivity contribution in [3.63, 3.8) is 0 Å². The molecule has 10 aromatic carbocycles. The first-order valence-corrected chi connectivity index (χ1v) is 16.3. The molecule has 0 unspecified atom stereocenters. The molecule has 0 saturated carbocycles. The zero-order valence-electron chi connectivity index (χ0n) is 62.9. The predicted molar refractivity (Wildman–Crippen MR) is 237 cm³/mol. The van der Waals surface area contributed by atoms with Crippen molar-refractivity contribution in [1.29, 1.82) is 0 Å². The molecule has 0 atom stereocenters. The summed E-state index contributed by atoms with van der Waals surface area (Å²) in [4.78, 5) is 0.281. The fourth-order valence-electron chi connectivity index (χ4n) is 6.19. The van der Waals surface area contributed by atoms with E-state index in [0.29, 0.717) is 0 Å². The van der Waals surface area contributed by atoms with Crippen LogP contribution in [0.25, 0.3) is 87.6 Å². The van der Waals surface area contributed by atoms with Gasteiger partial charge in [0.2, 0.25) is 0 Å². The number of para-hydroxylation sites is 1. The monoisotopic (exact) mass is 748 g/mol. The van der Waals surface area contributed by atoms with Crippen molar-refractivity contribution in [2.45, 2.75) is 0 Å². The number of benzene rings is 10. The smallest absolute Gasteiger partial charge is 0.143 e. The Labute approximate surface area is 374 Å². The fraction of sp³-hybridized carbons (Fsp3) is 0. The van der Waals surface area contributed by atoms with Gasteiger partial charge in [0.05, 0.1) is 48.0 Å². The third-order valence-electron chi connectivity index (χ3n) is 8.63. The second-order valence-corrected chi connectivity index (χ2v) is 11.8. The molecular formula is C54H35NO. The lowest BCUT2D eigenvalue weighted by molar-refractivity contribution is 0.673. The second-order valence-electron chi connectivity index (χ2n) is 11.8. The van der Waals surface area contributed by atoms with Crippen molar-refractivity contribution in [3.8, 4) is 33.4 Å². The van der Waals surface area contributed by atoms with Crippen molar-refractivity contribution in [1.82, 2.24) is 0 Å². The Hall–Kier alpha value is -7.42. The molecule has 11 aromatic rings. The molecule has 0 saturated heterocycles. The first-order valence-electron chi connectivity index (χ1n) is 33.8. The maximum Gasteiger partial charge on any atom is 0.143 e. The molecule has 0 fully saturated rings. The van der Waals surface area contributed by atoms with Gasteiger partial charge in [-0.05, 0) is 121 Å². The molecule has 11 rings (SSSR count). The lowest BCUT2D eigenvalue weighted by Gasteiger charge is -2.26. The van der Waals surface area contributed by atoms with Gasteiger partial charge in [0.1, 0.15) is 11.2 Å². The molecule has 0 aliphatic heterocycles. The van der Waals surface area contributed by atoms with E-state index in [1.54, 1.807) is 0 Å². The lowest BCUT2D eigenvalue weighted by Crippen LogP contribution is -2.09. The second kappa shape index (κ2) is 13.2. The van der Waals surface area contributed by atoms with E-state index in [4.69, 9.17) is 34.6 Å². The average Bonchev–Trinajstić information content (AvgIpc) is 1.70. The number of hydrogen-bond acceptors (Lipinski definition) is 2. The minimum Gasteiger partial charge on any atom is -0.455 e. The molecular weight excluding hydrogens is 679 g/mol. The van der Waals surface area contributed by atoms with Crippen LogP contribution in [0.15, 0.2) is 216 Å². The van der Waals surface area contributed by atoms with E-state index in [1.807, 2.05) is 0 Å². The zero-order chi connectivity index (χ0) is 67.5. The highest BCUT2D eigenvalue weighted by Crippen LogP contribution is 2.42. The molecule has 0 radical (unpaired) electrons. The van der Waals surface area contributed by atoms with E-state index >= 15 is 0 Å². The molecule has 56 heavy (non-hydrogen) atoms. The van der Waals surface area contributed by atoms with Crippen molar-refractivity contribution in [2.75, 3.05) is 4.90 Å². The highest BCUT2D eigenvalue weighted by molar-refractivity contribution is 6.19. The van der Waals surface area contributed by atoms with Crippen LogP contribution in [-0.2, 0) is 0 Å². The summed E-state index contributed by atoms with van der Waals surface area (Å²) in [5.74, 6) is 0. The molecule has 0 aliphatic carbocycles. The Morgan fingerprint density at radius 2 is 0.821 bits per heavy atom. The van der Waals surface area contributed by atoms with Gasteiger partial charge in [0.25, 0.3) is 0 Å². The molecule has 0 bridgehead atoms. The molecule has 1 aromatic heterocycles. The summed E-state index contributed by atoms with van der Waals surface area (Å²) < 4.78 is 322. The van der Waals surface area contributed by atoms with Crippen LogP contribution in [0.2, 0.25) is 0 Å². The summed E-state index contributed by atoms with van der Waals surface area (Å²) >= 11 is 0. The third kappa shape index (κ3) is 5.34. The van der Waals surface area contributed by atoms with Crippen molar-refractivity contribution in [3.05, 3.63) is 211 Å². The number of hydrogen-bond donors (Lipinski definition) is 0. The van der Waals surface area contributed by atoms with E-state index in [2.05, 4.69) is 0 Å². The molecule has 2 nitrogen and oxygen atoms in total. The lowest BCUT2D eigenvalue weighted by atomic mass is 9.93. The summed E-state index contributed by atoms with van der Waals surface area (Å²) in [6, 6.07) is -36.6. The van der Waals surface area contributed by atoms with Crippen LogP contribution in [-0.4, -0.2) is 0 Å². The van der Waals surface area contributed by atoms with Gasteiger partial charge in [-0.1, -0.05) is 151 Å². The largest absolute Gasteiger partial charge is 0.455 e. The number of fused-ring (bicyclic) bond motifs is 8. The Morgan fingerprint density at radius 3 is 1.54 bits per heavy atom. The Balaban J connectivity index is 1.26. The summed E-state index contributed by atoms with van der Waals surface area (Å²) in [6.07, 6.45) is 0. The Kier molecular flexibility index (Phi) is 2.95. The standard InChI is InChI=1S/C54H35NO/c1-3-13-37(14-4-1)50-35-52-51-33-39(27-32-53(51)56-54(52)48-22-12-11-21-47(48)50)36-23-28-42(29-24-36)55(41-16-5-2-6-17-41)43-30-25-38(26-31-43)49-34-40-15-7-8-18-44(40)45-19-9-10-20-46(45)49/h1-35H/i1D,2D,3D,4D,5D,6D,7D,8D,9D,10D,11D,12D,13D,14D,15D,16D,17D,18D,19D,20D,21D,22D,23D,24D,25D,26D,27D,28D,29D,30D,31D,32D,33D,34D,35D. The van der Waals surface area contributed by atoms with E-state index in [0.717, 1.165) is 0 Å². The van der Waals surface area contributed by atoms with Gasteiger partial charge in [-0.15, -0.1) is 0 Å². The van der Waals surface area contributed by atoms with E-state index in [-0.39, 0.29) is 4.90 Å². The number of rotatable bonds is 6. The van der Waals surface area contributed by atoms with Gasteiger partial charge < -0.3 is 9.32 Å². The van der Waals surface area contributed by atoms with Crippen molar-refractivity contribution in [2.24, 2.45) is 0 Å².